The molecule has 2 aromatic heterocycles. The van der Waals surface area contributed by atoms with Crippen LogP contribution in [0.3, 0.4) is 0 Å². The molecular formula is C20H20N4O4S. The summed E-state index contributed by atoms with van der Waals surface area (Å²) in [5.41, 5.74) is 1.49. The van der Waals surface area contributed by atoms with Crippen LogP contribution >= 0.6 is 11.3 Å². The van der Waals surface area contributed by atoms with E-state index >= 15 is 0 Å². The highest BCUT2D eigenvalue weighted by Crippen LogP contribution is 2.26. The van der Waals surface area contributed by atoms with Gasteiger partial charge in [0.2, 0.25) is 0 Å². The summed E-state index contributed by atoms with van der Waals surface area (Å²) >= 11 is 1.50. The largest absolute Gasteiger partial charge is 0.451 e. The number of nitrogens with one attached hydrogen (secondary N) is 2. The minimum Gasteiger partial charge on any atom is -0.451 e. The van der Waals surface area contributed by atoms with Gasteiger partial charge in [-0.15, -0.1) is 11.3 Å². The van der Waals surface area contributed by atoms with Crippen molar-refractivity contribution >= 4 is 29.2 Å². The Bertz CT molecular complexity index is 983. The summed E-state index contributed by atoms with van der Waals surface area (Å²) in [5, 5.41) is 11.1. The fourth-order valence-electron chi connectivity index (χ4n) is 2.49. The van der Waals surface area contributed by atoms with Crippen molar-refractivity contribution in [2.45, 2.75) is 13.3 Å². The lowest BCUT2D eigenvalue weighted by Crippen LogP contribution is -2.41. The van der Waals surface area contributed by atoms with Crippen LogP contribution in [0.5, 0.6) is 0 Å². The molecule has 29 heavy (non-hydrogen) atoms. The van der Waals surface area contributed by atoms with Gasteiger partial charge in [-0.2, -0.15) is 5.10 Å². The van der Waals surface area contributed by atoms with Gasteiger partial charge in [-0.1, -0.05) is 31.2 Å². The molecule has 0 fully saturated rings. The molecule has 0 saturated carbocycles. The quantitative estimate of drug-likeness (QED) is 0.581. The van der Waals surface area contributed by atoms with Gasteiger partial charge in [0, 0.05) is 12.6 Å². The van der Waals surface area contributed by atoms with Crippen LogP contribution in [0.15, 0.2) is 53.9 Å². The van der Waals surface area contributed by atoms with E-state index in [2.05, 4.69) is 15.7 Å². The maximum Gasteiger partial charge on any atom is 0.357 e. The maximum absolute atomic E-state index is 12.6. The normalized spacial score (nSPS) is 10.4. The number of para-hydroxylation sites is 1. The number of nitrogens with zero attached hydrogens (tertiary/aromatic N) is 2. The Labute approximate surface area is 171 Å². The molecule has 0 radical (unpaired) electrons. The molecule has 0 aliphatic heterocycles. The number of thiophene rings is 1. The average molecular weight is 412 g/mol. The second kappa shape index (κ2) is 9.65. The highest BCUT2D eigenvalue weighted by Gasteiger charge is 2.20. The van der Waals surface area contributed by atoms with Crippen LogP contribution in [0.25, 0.3) is 16.3 Å². The van der Waals surface area contributed by atoms with E-state index in [-0.39, 0.29) is 5.69 Å². The van der Waals surface area contributed by atoms with Gasteiger partial charge in [0.15, 0.2) is 12.3 Å². The van der Waals surface area contributed by atoms with Gasteiger partial charge >= 0.3 is 12.0 Å². The van der Waals surface area contributed by atoms with E-state index in [1.165, 1.54) is 16.0 Å². The van der Waals surface area contributed by atoms with Crippen LogP contribution in [-0.2, 0) is 9.53 Å². The second-order valence-electron chi connectivity index (χ2n) is 6.02. The number of amides is 3. The molecule has 0 atom stereocenters. The molecule has 0 aliphatic rings. The van der Waals surface area contributed by atoms with Crippen molar-refractivity contribution in [3.8, 4) is 16.3 Å². The lowest BCUT2D eigenvalue weighted by Gasteiger charge is -2.08. The molecule has 0 unspecified atom stereocenters. The number of urea groups is 1. The summed E-state index contributed by atoms with van der Waals surface area (Å²) in [6.45, 7) is 1.76. The Morgan fingerprint density at radius 3 is 2.62 bits per heavy atom. The van der Waals surface area contributed by atoms with Crippen molar-refractivity contribution in [3.05, 3.63) is 59.6 Å². The zero-order valence-electron chi connectivity index (χ0n) is 15.8. The van der Waals surface area contributed by atoms with E-state index in [0.717, 1.165) is 11.3 Å². The molecule has 8 nitrogen and oxygen atoms in total. The Hall–Kier alpha value is -3.46. The summed E-state index contributed by atoms with van der Waals surface area (Å²) in [6, 6.07) is 13.9. The Kier molecular flexibility index (Phi) is 6.75. The van der Waals surface area contributed by atoms with Crippen LogP contribution in [0.4, 0.5) is 4.79 Å². The molecule has 3 amide bonds. The van der Waals surface area contributed by atoms with Gasteiger partial charge in [0.25, 0.3) is 5.91 Å². The van der Waals surface area contributed by atoms with Crippen molar-refractivity contribution in [2.24, 2.45) is 0 Å². The van der Waals surface area contributed by atoms with Crippen molar-refractivity contribution in [1.82, 2.24) is 20.4 Å². The predicted octanol–water partition coefficient (Wildman–Crippen LogP) is 2.99. The van der Waals surface area contributed by atoms with Gasteiger partial charge in [0.05, 0.1) is 10.6 Å². The monoisotopic (exact) mass is 412 g/mol. The molecule has 0 aliphatic carbocycles. The fraction of sp³-hybridized carbons (Fsp3) is 0.200. The number of aromatic nitrogens is 2. The van der Waals surface area contributed by atoms with Crippen LogP contribution in [0.1, 0.15) is 23.8 Å². The molecule has 9 heteroatoms. The van der Waals surface area contributed by atoms with Gasteiger partial charge < -0.3 is 10.1 Å². The molecule has 3 aromatic rings. The van der Waals surface area contributed by atoms with Gasteiger partial charge in [-0.25, -0.2) is 14.3 Å². The summed E-state index contributed by atoms with van der Waals surface area (Å²) in [5.74, 6) is -1.43. The zero-order valence-corrected chi connectivity index (χ0v) is 16.6. The number of ether oxygens (including phenoxy) is 1. The van der Waals surface area contributed by atoms with Crippen molar-refractivity contribution < 1.29 is 19.1 Å². The van der Waals surface area contributed by atoms with Crippen molar-refractivity contribution in [2.75, 3.05) is 13.2 Å². The lowest BCUT2D eigenvalue weighted by molar-refractivity contribution is -0.123. The first kappa shape index (κ1) is 20.3. The summed E-state index contributed by atoms with van der Waals surface area (Å²) in [4.78, 5) is 36.9. The number of hydrogen-bond acceptors (Lipinski definition) is 6. The highest BCUT2D eigenvalue weighted by atomic mass is 32.1. The number of benzene rings is 1. The van der Waals surface area contributed by atoms with E-state index in [0.29, 0.717) is 17.9 Å². The highest BCUT2D eigenvalue weighted by molar-refractivity contribution is 7.13. The summed E-state index contributed by atoms with van der Waals surface area (Å²) in [6.07, 6.45) is 0.743. The zero-order chi connectivity index (χ0) is 20.6. The van der Waals surface area contributed by atoms with Gasteiger partial charge in [0.1, 0.15) is 5.69 Å². The maximum atomic E-state index is 12.6. The van der Waals surface area contributed by atoms with Crippen LogP contribution in [0, 0.1) is 0 Å². The second-order valence-corrected chi connectivity index (χ2v) is 6.97. The lowest BCUT2D eigenvalue weighted by atomic mass is 10.3. The minimum absolute atomic E-state index is 0.183. The minimum atomic E-state index is -0.715. The Balaban J connectivity index is 1.74. The number of carbonyl (C=O) groups excluding carboxylic acids is 3. The van der Waals surface area contributed by atoms with Crippen molar-refractivity contribution in [1.29, 1.82) is 0 Å². The SMILES string of the molecule is CCCNC(=O)NC(=O)COC(=O)c1cc(-c2cccs2)nn1-c1ccccc1. The van der Waals surface area contributed by atoms with E-state index in [9.17, 15) is 14.4 Å². The topological polar surface area (TPSA) is 102 Å². The summed E-state index contributed by atoms with van der Waals surface area (Å²) < 4.78 is 6.58. The van der Waals surface area contributed by atoms with Crippen LogP contribution in [-0.4, -0.2) is 40.8 Å². The van der Waals surface area contributed by atoms with E-state index in [1.54, 1.807) is 6.07 Å². The molecule has 0 bridgehead atoms. The number of esters is 1. The van der Waals surface area contributed by atoms with Crippen LogP contribution in [0.2, 0.25) is 0 Å². The Morgan fingerprint density at radius 1 is 1.14 bits per heavy atom. The predicted molar refractivity (Wildman–Crippen MR) is 109 cm³/mol. The summed E-state index contributed by atoms with van der Waals surface area (Å²) in [7, 11) is 0. The number of rotatable bonds is 7. The van der Waals surface area contributed by atoms with E-state index in [1.807, 2.05) is 54.8 Å². The molecular weight excluding hydrogens is 392 g/mol. The molecule has 0 spiro atoms. The first-order valence-electron chi connectivity index (χ1n) is 9.02. The van der Waals surface area contributed by atoms with Crippen molar-refractivity contribution in [3.63, 3.8) is 0 Å². The third-order valence-electron chi connectivity index (χ3n) is 3.82. The molecule has 0 saturated heterocycles. The van der Waals surface area contributed by atoms with E-state index < -0.39 is 24.5 Å². The number of carbonyl (C=O) groups is 3. The van der Waals surface area contributed by atoms with Gasteiger partial charge in [-0.05, 0) is 30.0 Å². The smallest absolute Gasteiger partial charge is 0.357 e. The van der Waals surface area contributed by atoms with Gasteiger partial charge in [-0.3, -0.25) is 10.1 Å². The number of hydrogen-bond donors (Lipinski definition) is 2. The van der Waals surface area contributed by atoms with Crippen LogP contribution < -0.4 is 10.6 Å². The Morgan fingerprint density at radius 2 is 1.93 bits per heavy atom. The average Bonchev–Trinajstić information content (AvgIpc) is 3.41. The first-order valence-corrected chi connectivity index (χ1v) is 9.90. The first-order chi connectivity index (χ1) is 14.1. The molecule has 1 aromatic carbocycles. The number of imide groups is 1. The standard InChI is InChI=1S/C20H20N4O4S/c1-2-10-21-20(27)22-18(25)13-28-19(26)16-12-15(17-9-6-11-29-17)23-24(16)14-7-4-3-5-8-14/h3-9,11-12H,2,10,13H2,1H3,(H2,21,22,25,27). The fourth-order valence-corrected chi connectivity index (χ4v) is 3.17. The molecule has 2 heterocycles. The molecule has 3 rings (SSSR count). The molecule has 150 valence electrons. The van der Waals surface area contributed by atoms with E-state index in [4.69, 9.17) is 4.74 Å². The third-order valence-corrected chi connectivity index (χ3v) is 4.71. The molecule has 2 N–H and O–H groups in total. The third kappa shape index (κ3) is 5.29.